The predicted octanol–water partition coefficient (Wildman–Crippen LogP) is 0.867. The molecule has 0 unspecified atom stereocenters. The molecule has 0 aliphatic carbocycles. The second-order valence-electron chi connectivity index (χ2n) is 3.84. The molecule has 1 saturated heterocycles. The van der Waals surface area contributed by atoms with Gasteiger partial charge in [0.05, 0.1) is 12.1 Å². The fraction of sp³-hybridized carbons (Fsp3) is 0.556. The Balaban J connectivity index is 1.93. The molecule has 8 heteroatoms. The van der Waals surface area contributed by atoms with Gasteiger partial charge in [0.2, 0.25) is 0 Å². The van der Waals surface area contributed by atoms with Gasteiger partial charge < -0.3 is 10.0 Å². The van der Waals surface area contributed by atoms with Crippen molar-refractivity contribution in [1.29, 1.82) is 0 Å². The van der Waals surface area contributed by atoms with Crippen LogP contribution in [0.2, 0.25) is 0 Å². The quantitative estimate of drug-likeness (QED) is 0.818. The van der Waals surface area contributed by atoms with E-state index in [0.29, 0.717) is 24.4 Å². The van der Waals surface area contributed by atoms with E-state index in [-0.39, 0.29) is 12.6 Å². The number of aliphatic carboxylic acids is 1. The van der Waals surface area contributed by atoms with E-state index < -0.39 is 11.9 Å². The molecule has 2 amide bonds. The van der Waals surface area contributed by atoms with Gasteiger partial charge in [0.15, 0.2) is 0 Å². The second-order valence-corrected chi connectivity index (χ2v) is 4.62. The predicted molar refractivity (Wildman–Crippen MR) is 60.9 cm³/mol. The van der Waals surface area contributed by atoms with Crippen LogP contribution >= 0.6 is 11.5 Å². The van der Waals surface area contributed by atoms with Crippen LogP contribution in [0.5, 0.6) is 0 Å². The molecule has 17 heavy (non-hydrogen) atoms. The van der Waals surface area contributed by atoms with E-state index in [1.165, 1.54) is 11.1 Å². The maximum absolute atomic E-state index is 11.8. The van der Waals surface area contributed by atoms with Crippen LogP contribution < -0.4 is 5.32 Å². The highest BCUT2D eigenvalue weighted by molar-refractivity contribution is 7.10. The molecular weight excluding hydrogens is 244 g/mol. The van der Waals surface area contributed by atoms with Crippen LogP contribution in [0.25, 0.3) is 0 Å². The first-order valence-corrected chi connectivity index (χ1v) is 6.00. The molecule has 1 atom stereocenters. The number of carboxylic acids is 1. The molecule has 7 nitrogen and oxygen atoms in total. The second kappa shape index (κ2) is 5.09. The number of rotatable bonds is 2. The van der Waals surface area contributed by atoms with Crippen molar-refractivity contribution in [2.24, 2.45) is 5.92 Å². The van der Waals surface area contributed by atoms with Gasteiger partial charge in [-0.05, 0) is 12.8 Å². The van der Waals surface area contributed by atoms with Gasteiger partial charge in [0.25, 0.3) is 0 Å². The Morgan fingerprint density at radius 1 is 1.59 bits per heavy atom. The SMILES string of the molecule is O=C(O)[C@H]1CCCN(C(=O)Nc2cnns2)C1. The lowest BCUT2D eigenvalue weighted by Crippen LogP contribution is -2.44. The molecule has 1 aliphatic rings. The number of hydrogen-bond donors (Lipinski definition) is 2. The van der Waals surface area contributed by atoms with E-state index in [1.807, 2.05) is 0 Å². The Bertz CT molecular complexity index is 408. The molecule has 2 rings (SSSR count). The Hall–Kier alpha value is -1.70. The van der Waals surface area contributed by atoms with E-state index in [1.54, 1.807) is 0 Å². The van der Waals surface area contributed by atoms with Gasteiger partial charge in [0.1, 0.15) is 5.00 Å². The molecule has 0 radical (unpaired) electrons. The number of amides is 2. The van der Waals surface area contributed by atoms with Crippen molar-refractivity contribution in [3.05, 3.63) is 6.20 Å². The van der Waals surface area contributed by atoms with Gasteiger partial charge in [-0.3, -0.25) is 10.1 Å². The van der Waals surface area contributed by atoms with Crippen LogP contribution in [0.1, 0.15) is 12.8 Å². The lowest BCUT2D eigenvalue weighted by atomic mass is 9.99. The number of urea groups is 1. The summed E-state index contributed by atoms with van der Waals surface area (Å²) in [7, 11) is 0. The van der Waals surface area contributed by atoms with Crippen molar-refractivity contribution in [3.63, 3.8) is 0 Å². The molecule has 1 aliphatic heterocycles. The first kappa shape index (κ1) is 11.8. The van der Waals surface area contributed by atoms with E-state index in [2.05, 4.69) is 14.9 Å². The molecule has 0 aromatic carbocycles. The first-order valence-electron chi connectivity index (χ1n) is 5.23. The largest absolute Gasteiger partial charge is 0.481 e. The van der Waals surface area contributed by atoms with Crippen molar-refractivity contribution in [2.45, 2.75) is 12.8 Å². The Labute approximate surface area is 102 Å². The van der Waals surface area contributed by atoms with E-state index in [4.69, 9.17) is 5.11 Å². The summed E-state index contributed by atoms with van der Waals surface area (Å²) in [5, 5.41) is 15.7. The lowest BCUT2D eigenvalue weighted by Gasteiger charge is -2.30. The van der Waals surface area contributed by atoms with Crippen LogP contribution in [0, 0.1) is 5.92 Å². The molecule has 0 bridgehead atoms. The van der Waals surface area contributed by atoms with Crippen LogP contribution in [-0.4, -0.2) is 44.7 Å². The lowest BCUT2D eigenvalue weighted by molar-refractivity contribution is -0.143. The number of carboxylic acid groups (broad SMARTS) is 1. The number of anilines is 1. The maximum Gasteiger partial charge on any atom is 0.322 e. The molecule has 0 saturated carbocycles. The standard InChI is InChI=1S/C9H12N4O3S/c14-8(15)6-2-1-3-13(5-6)9(16)11-7-4-10-12-17-7/h4,6H,1-3,5H2,(H,11,16)(H,14,15)/t6-/m0/s1. The van der Waals surface area contributed by atoms with Crippen LogP contribution in [-0.2, 0) is 4.79 Å². The van der Waals surface area contributed by atoms with Crippen molar-refractivity contribution in [3.8, 4) is 0 Å². The van der Waals surface area contributed by atoms with E-state index in [9.17, 15) is 9.59 Å². The highest BCUT2D eigenvalue weighted by atomic mass is 32.1. The molecule has 2 heterocycles. The monoisotopic (exact) mass is 256 g/mol. The number of carbonyl (C=O) groups excluding carboxylic acids is 1. The highest BCUT2D eigenvalue weighted by Crippen LogP contribution is 2.18. The van der Waals surface area contributed by atoms with Gasteiger partial charge in [-0.2, -0.15) is 0 Å². The first-order chi connectivity index (χ1) is 8.16. The normalized spacial score (nSPS) is 20.0. The minimum atomic E-state index is -0.845. The van der Waals surface area contributed by atoms with Gasteiger partial charge in [-0.1, -0.05) is 4.49 Å². The number of piperidine rings is 1. The number of aromatic nitrogens is 2. The molecule has 1 fully saturated rings. The topological polar surface area (TPSA) is 95.4 Å². The number of carbonyl (C=O) groups is 2. The summed E-state index contributed by atoms with van der Waals surface area (Å²) in [4.78, 5) is 24.2. The number of hydrogen-bond acceptors (Lipinski definition) is 5. The van der Waals surface area contributed by atoms with Gasteiger partial charge in [-0.15, -0.1) is 5.10 Å². The molecule has 0 spiro atoms. The van der Waals surface area contributed by atoms with Gasteiger partial charge >= 0.3 is 12.0 Å². The summed E-state index contributed by atoms with van der Waals surface area (Å²) in [5.41, 5.74) is 0. The van der Waals surface area contributed by atoms with Crippen LogP contribution in [0.3, 0.4) is 0 Å². The third-order valence-electron chi connectivity index (χ3n) is 2.65. The third-order valence-corrected chi connectivity index (χ3v) is 3.23. The molecule has 1 aromatic rings. The average molecular weight is 256 g/mol. The summed E-state index contributed by atoms with van der Waals surface area (Å²) in [6, 6.07) is -0.290. The Morgan fingerprint density at radius 3 is 3.06 bits per heavy atom. The fourth-order valence-electron chi connectivity index (χ4n) is 1.77. The summed E-state index contributed by atoms with van der Waals surface area (Å²) < 4.78 is 3.63. The zero-order valence-electron chi connectivity index (χ0n) is 9.00. The third kappa shape index (κ3) is 2.90. The van der Waals surface area contributed by atoms with Crippen LogP contribution in [0.4, 0.5) is 9.80 Å². The van der Waals surface area contributed by atoms with Crippen molar-refractivity contribution in [1.82, 2.24) is 14.5 Å². The van der Waals surface area contributed by atoms with Crippen LogP contribution in [0.15, 0.2) is 6.20 Å². The zero-order valence-corrected chi connectivity index (χ0v) is 9.81. The van der Waals surface area contributed by atoms with Gasteiger partial charge in [-0.25, -0.2) is 4.79 Å². The minimum absolute atomic E-state index is 0.257. The number of likely N-dealkylation sites (tertiary alicyclic amines) is 1. The summed E-state index contributed by atoms with van der Waals surface area (Å²) in [6.45, 7) is 0.843. The van der Waals surface area contributed by atoms with Crippen molar-refractivity contribution < 1.29 is 14.7 Å². The molecule has 1 aromatic heterocycles. The number of nitrogens with zero attached hydrogens (tertiary/aromatic N) is 3. The van der Waals surface area contributed by atoms with Crippen molar-refractivity contribution >= 4 is 28.5 Å². The Kier molecular flexibility index (Phi) is 3.52. The zero-order chi connectivity index (χ0) is 12.3. The summed E-state index contributed by atoms with van der Waals surface area (Å²) in [6.07, 6.45) is 2.80. The molecule has 2 N–H and O–H groups in total. The Morgan fingerprint density at radius 2 is 2.41 bits per heavy atom. The highest BCUT2D eigenvalue weighted by Gasteiger charge is 2.28. The average Bonchev–Trinajstić information content (AvgIpc) is 2.82. The fourth-order valence-corrected chi connectivity index (χ4v) is 2.18. The summed E-state index contributed by atoms with van der Waals surface area (Å²) >= 11 is 1.09. The van der Waals surface area contributed by atoms with E-state index >= 15 is 0 Å². The molecular formula is C9H12N4O3S. The molecule has 92 valence electrons. The van der Waals surface area contributed by atoms with Gasteiger partial charge in [0, 0.05) is 24.6 Å². The minimum Gasteiger partial charge on any atom is -0.481 e. The number of nitrogens with one attached hydrogen (secondary N) is 1. The van der Waals surface area contributed by atoms with E-state index in [0.717, 1.165) is 11.5 Å². The van der Waals surface area contributed by atoms with Crippen molar-refractivity contribution in [2.75, 3.05) is 18.4 Å². The maximum atomic E-state index is 11.8. The smallest absolute Gasteiger partial charge is 0.322 e. The summed E-state index contributed by atoms with van der Waals surface area (Å²) in [5.74, 6) is -1.31.